The number of nitrogens with zero attached hydrogens (tertiary/aromatic N) is 1. The molecule has 0 atom stereocenters. The smallest absolute Gasteiger partial charge is 0.137 e. The highest BCUT2D eigenvalue weighted by Gasteiger charge is 2.11. The van der Waals surface area contributed by atoms with E-state index in [4.69, 9.17) is 0 Å². The maximum Gasteiger partial charge on any atom is 0.137 e. The van der Waals surface area contributed by atoms with Gasteiger partial charge in [-0.3, -0.25) is 4.90 Å². The van der Waals surface area contributed by atoms with Crippen molar-refractivity contribution in [3.63, 3.8) is 0 Å². The molecule has 1 aromatic carbocycles. The SMILES string of the molecule is CCC(CC)N(C)Cc1ccc(F)c(Br)c1. The molecule has 1 aromatic rings. The lowest BCUT2D eigenvalue weighted by atomic mass is 10.1. The predicted octanol–water partition coefficient (Wildman–Crippen LogP) is 4.21. The molecule has 0 aliphatic rings. The Morgan fingerprint density at radius 2 is 1.94 bits per heavy atom. The molecule has 0 spiro atoms. The van der Waals surface area contributed by atoms with Crippen LogP contribution in [0.4, 0.5) is 4.39 Å². The van der Waals surface area contributed by atoms with E-state index in [2.05, 4.69) is 41.7 Å². The normalized spacial score (nSPS) is 11.4. The molecular weight excluding hydrogens is 269 g/mol. The Balaban J connectivity index is 2.69. The summed E-state index contributed by atoms with van der Waals surface area (Å²) in [5.41, 5.74) is 1.14. The van der Waals surface area contributed by atoms with Crippen molar-refractivity contribution in [2.24, 2.45) is 0 Å². The van der Waals surface area contributed by atoms with E-state index < -0.39 is 0 Å². The Hall–Kier alpha value is -0.410. The molecule has 90 valence electrons. The molecule has 3 heteroatoms. The molecule has 0 saturated carbocycles. The summed E-state index contributed by atoms with van der Waals surface area (Å²) in [6.07, 6.45) is 2.30. The van der Waals surface area contributed by atoms with Crippen LogP contribution in [0.2, 0.25) is 0 Å². The Morgan fingerprint density at radius 3 is 2.44 bits per heavy atom. The fraction of sp³-hybridized carbons (Fsp3) is 0.538. The Labute approximate surface area is 106 Å². The predicted molar refractivity (Wildman–Crippen MR) is 69.9 cm³/mol. The molecule has 0 saturated heterocycles. The van der Waals surface area contributed by atoms with E-state index >= 15 is 0 Å². The van der Waals surface area contributed by atoms with Gasteiger partial charge in [-0.15, -0.1) is 0 Å². The van der Waals surface area contributed by atoms with Crippen LogP contribution in [0.15, 0.2) is 22.7 Å². The fourth-order valence-electron chi connectivity index (χ4n) is 1.97. The van der Waals surface area contributed by atoms with Gasteiger partial charge in [-0.25, -0.2) is 4.39 Å². The quantitative estimate of drug-likeness (QED) is 0.784. The van der Waals surface area contributed by atoms with Crippen LogP contribution in [0.5, 0.6) is 0 Å². The first kappa shape index (κ1) is 13.7. The summed E-state index contributed by atoms with van der Waals surface area (Å²) in [5.74, 6) is -0.200. The van der Waals surface area contributed by atoms with Crippen LogP contribution in [0.1, 0.15) is 32.3 Å². The van der Waals surface area contributed by atoms with Crippen molar-refractivity contribution in [1.82, 2.24) is 4.90 Å². The molecule has 0 unspecified atom stereocenters. The lowest BCUT2D eigenvalue weighted by Gasteiger charge is -2.26. The van der Waals surface area contributed by atoms with Crippen molar-refractivity contribution in [3.8, 4) is 0 Å². The van der Waals surface area contributed by atoms with Crippen LogP contribution in [-0.4, -0.2) is 18.0 Å². The fourth-order valence-corrected chi connectivity index (χ4v) is 2.39. The molecule has 0 aliphatic carbocycles. The highest BCUT2D eigenvalue weighted by Crippen LogP contribution is 2.19. The van der Waals surface area contributed by atoms with Gasteiger partial charge in [0.05, 0.1) is 4.47 Å². The third-order valence-electron chi connectivity index (χ3n) is 2.98. The van der Waals surface area contributed by atoms with E-state index in [-0.39, 0.29) is 5.82 Å². The molecule has 1 nitrogen and oxygen atoms in total. The van der Waals surface area contributed by atoms with Crippen molar-refractivity contribution in [2.45, 2.75) is 39.3 Å². The molecule has 0 amide bonds. The zero-order valence-corrected chi connectivity index (χ0v) is 11.7. The van der Waals surface area contributed by atoms with Gasteiger partial charge in [-0.1, -0.05) is 19.9 Å². The zero-order chi connectivity index (χ0) is 12.1. The molecule has 0 N–H and O–H groups in total. The van der Waals surface area contributed by atoms with Crippen LogP contribution < -0.4 is 0 Å². The summed E-state index contributed by atoms with van der Waals surface area (Å²) in [6.45, 7) is 5.27. The molecule has 0 aliphatic heterocycles. The first-order valence-electron chi connectivity index (χ1n) is 5.72. The van der Waals surface area contributed by atoms with Crippen molar-refractivity contribution in [1.29, 1.82) is 0 Å². The van der Waals surface area contributed by atoms with E-state index in [1.807, 2.05) is 12.1 Å². The molecule has 16 heavy (non-hydrogen) atoms. The number of hydrogen-bond acceptors (Lipinski definition) is 1. The third-order valence-corrected chi connectivity index (χ3v) is 3.59. The summed E-state index contributed by atoms with van der Waals surface area (Å²) < 4.78 is 13.6. The molecule has 0 radical (unpaired) electrons. The Kier molecular flexibility index (Phi) is 5.42. The van der Waals surface area contributed by atoms with Crippen LogP contribution in [-0.2, 0) is 6.54 Å². The molecular formula is C13H19BrFN. The van der Waals surface area contributed by atoms with E-state index in [9.17, 15) is 4.39 Å². The first-order chi connectivity index (χ1) is 7.58. The average molecular weight is 288 g/mol. The van der Waals surface area contributed by atoms with Gasteiger partial charge in [0.1, 0.15) is 5.82 Å². The molecule has 0 bridgehead atoms. The lowest BCUT2D eigenvalue weighted by molar-refractivity contribution is 0.221. The summed E-state index contributed by atoms with van der Waals surface area (Å²) >= 11 is 3.21. The van der Waals surface area contributed by atoms with Gasteiger partial charge in [-0.2, -0.15) is 0 Å². The number of halogens is 2. The number of benzene rings is 1. The minimum Gasteiger partial charge on any atom is -0.299 e. The highest BCUT2D eigenvalue weighted by molar-refractivity contribution is 9.10. The monoisotopic (exact) mass is 287 g/mol. The van der Waals surface area contributed by atoms with Crippen molar-refractivity contribution in [3.05, 3.63) is 34.1 Å². The second-order valence-electron chi connectivity index (χ2n) is 4.13. The van der Waals surface area contributed by atoms with Gasteiger partial charge in [0.15, 0.2) is 0 Å². The van der Waals surface area contributed by atoms with Gasteiger partial charge in [0, 0.05) is 12.6 Å². The Bertz CT molecular complexity index is 337. The van der Waals surface area contributed by atoms with Crippen LogP contribution in [0.25, 0.3) is 0 Å². The topological polar surface area (TPSA) is 3.24 Å². The standard InChI is InChI=1S/C13H19BrFN/c1-4-11(5-2)16(3)9-10-6-7-13(15)12(14)8-10/h6-8,11H,4-5,9H2,1-3H3. The van der Waals surface area contributed by atoms with E-state index in [0.29, 0.717) is 10.5 Å². The maximum absolute atomic E-state index is 13.1. The minimum atomic E-state index is -0.200. The van der Waals surface area contributed by atoms with Gasteiger partial charge >= 0.3 is 0 Å². The van der Waals surface area contributed by atoms with E-state index in [1.54, 1.807) is 0 Å². The average Bonchev–Trinajstić information content (AvgIpc) is 2.25. The highest BCUT2D eigenvalue weighted by atomic mass is 79.9. The number of rotatable bonds is 5. The largest absolute Gasteiger partial charge is 0.299 e. The lowest BCUT2D eigenvalue weighted by Crippen LogP contribution is -2.29. The van der Waals surface area contributed by atoms with Crippen molar-refractivity contribution in [2.75, 3.05) is 7.05 Å². The van der Waals surface area contributed by atoms with Crippen LogP contribution in [0.3, 0.4) is 0 Å². The summed E-state index contributed by atoms with van der Waals surface area (Å²) in [7, 11) is 2.12. The molecule has 0 fully saturated rings. The molecule has 1 rings (SSSR count). The van der Waals surface area contributed by atoms with Crippen LogP contribution in [0, 0.1) is 5.82 Å². The molecule has 0 heterocycles. The Morgan fingerprint density at radius 1 is 1.31 bits per heavy atom. The van der Waals surface area contributed by atoms with Gasteiger partial charge in [0.2, 0.25) is 0 Å². The summed E-state index contributed by atoms with van der Waals surface area (Å²) in [5, 5.41) is 0. The summed E-state index contributed by atoms with van der Waals surface area (Å²) in [4.78, 5) is 2.32. The van der Waals surface area contributed by atoms with Crippen molar-refractivity contribution >= 4 is 15.9 Å². The first-order valence-corrected chi connectivity index (χ1v) is 6.51. The zero-order valence-electron chi connectivity index (χ0n) is 10.1. The second-order valence-corrected chi connectivity index (χ2v) is 4.99. The summed E-state index contributed by atoms with van der Waals surface area (Å²) in [6, 6.07) is 5.82. The minimum absolute atomic E-state index is 0.200. The van der Waals surface area contributed by atoms with Crippen molar-refractivity contribution < 1.29 is 4.39 Å². The van der Waals surface area contributed by atoms with E-state index in [1.165, 1.54) is 6.07 Å². The van der Waals surface area contributed by atoms with Gasteiger partial charge in [-0.05, 0) is 53.5 Å². The van der Waals surface area contributed by atoms with Crippen LogP contribution >= 0.6 is 15.9 Å². The second kappa shape index (κ2) is 6.36. The van der Waals surface area contributed by atoms with Gasteiger partial charge in [0.25, 0.3) is 0 Å². The third kappa shape index (κ3) is 3.56. The van der Waals surface area contributed by atoms with E-state index in [0.717, 1.165) is 24.9 Å². The number of hydrogen-bond donors (Lipinski definition) is 0. The maximum atomic E-state index is 13.1. The molecule has 0 aromatic heterocycles. The van der Waals surface area contributed by atoms with Gasteiger partial charge < -0.3 is 0 Å².